The van der Waals surface area contributed by atoms with Crippen molar-refractivity contribution in [2.45, 2.75) is 25.3 Å². The van der Waals surface area contributed by atoms with Gasteiger partial charge in [0.1, 0.15) is 15.7 Å². The van der Waals surface area contributed by atoms with Crippen LogP contribution in [0.15, 0.2) is 11.1 Å². The van der Waals surface area contributed by atoms with Crippen LogP contribution in [0.1, 0.15) is 17.6 Å². The minimum atomic E-state index is 0.505. The van der Waals surface area contributed by atoms with Crippen molar-refractivity contribution in [2.24, 2.45) is 5.73 Å². The van der Waals surface area contributed by atoms with E-state index < -0.39 is 0 Å². The van der Waals surface area contributed by atoms with E-state index in [9.17, 15) is 0 Å². The first-order valence-electron chi connectivity index (χ1n) is 5.28. The van der Waals surface area contributed by atoms with Crippen molar-refractivity contribution >= 4 is 50.5 Å². The molecule has 0 spiro atoms. The molecule has 0 saturated heterocycles. The third-order valence-electron chi connectivity index (χ3n) is 2.22. The molecule has 3 nitrogen and oxygen atoms in total. The molecule has 0 saturated carbocycles. The Morgan fingerprint density at radius 2 is 2.29 bits per heavy atom. The molecular weight excluding hydrogens is 270 g/mol. The van der Waals surface area contributed by atoms with Gasteiger partial charge >= 0.3 is 0 Å². The van der Waals surface area contributed by atoms with Gasteiger partial charge in [-0.1, -0.05) is 30.9 Å². The highest BCUT2D eigenvalue weighted by Crippen LogP contribution is 2.31. The summed E-state index contributed by atoms with van der Waals surface area (Å²) in [5.41, 5.74) is 5.52. The van der Waals surface area contributed by atoms with Gasteiger partial charge in [0.05, 0.1) is 4.99 Å². The SMILES string of the molecule is CCc1cc2c(SCC(N)=S)nc(C)nc2s1. The highest BCUT2D eigenvalue weighted by molar-refractivity contribution is 8.01. The van der Waals surface area contributed by atoms with Crippen molar-refractivity contribution in [1.82, 2.24) is 9.97 Å². The average molecular weight is 283 g/mol. The molecule has 0 unspecified atom stereocenters. The van der Waals surface area contributed by atoms with Crippen molar-refractivity contribution in [3.8, 4) is 0 Å². The van der Waals surface area contributed by atoms with E-state index in [1.54, 1.807) is 23.1 Å². The number of thioether (sulfide) groups is 1. The second-order valence-electron chi connectivity index (χ2n) is 3.62. The Kier molecular flexibility index (Phi) is 3.96. The van der Waals surface area contributed by atoms with Crippen molar-refractivity contribution in [2.75, 3.05) is 5.75 Å². The van der Waals surface area contributed by atoms with E-state index in [0.717, 1.165) is 27.5 Å². The second-order valence-corrected chi connectivity index (χ2v) is 6.22. The Morgan fingerprint density at radius 1 is 1.53 bits per heavy atom. The summed E-state index contributed by atoms with van der Waals surface area (Å²) in [6, 6.07) is 2.17. The number of aromatic nitrogens is 2. The van der Waals surface area contributed by atoms with Crippen LogP contribution in [0.25, 0.3) is 10.2 Å². The standard InChI is InChI=1S/C11H13N3S3/c1-3-7-4-8-10(16-5-9(12)15)13-6(2)14-11(8)17-7/h4H,3,5H2,1-2H3,(H2,12,15). The van der Waals surface area contributed by atoms with Gasteiger partial charge in [-0.15, -0.1) is 11.3 Å². The maximum absolute atomic E-state index is 5.52. The molecule has 2 aromatic heterocycles. The lowest BCUT2D eigenvalue weighted by Crippen LogP contribution is -2.10. The van der Waals surface area contributed by atoms with Gasteiger partial charge in [0, 0.05) is 16.0 Å². The van der Waals surface area contributed by atoms with Crippen molar-refractivity contribution < 1.29 is 0 Å². The minimum absolute atomic E-state index is 0.505. The zero-order valence-electron chi connectivity index (χ0n) is 9.69. The van der Waals surface area contributed by atoms with Crippen LogP contribution in [0.2, 0.25) is 0 Å². The van der Waals surface area contributed by atoms with E-state index in [1.165, 1.54) is 4.88 Å². The summed E-state index contributed by atoms with van der Waals surface area (Å²) in [5.74, 6) is 1.42. The fraction of sp³-hybridized carbons (Fsp3) is 0.364. The predicted molar refractivity (Wildman–Crippen MR) is 79.0 cm³/mol. The molecule has 0 aliphatic rings. The molecule has 0 bridgehead atoms. The van der Waals surface area contributed by atoms with Gasteiger partial charge in [0.15, 0.2) is 0 Å². The van der Waals surface area contributed by atoms with Gasteiger partial charge < -0.3 is 5.73 Å². The van der Waals surface area contributed by atoms with Gasteiger partial charge in [-0.05, 0) is 19.4 Å². The summed E-state index contributed by atoms with van der Waals surface area (Å²) in [7, 11) is 0. The van der Waals surface area contributed by atoms with Crippen molar-refractivity contribution in [1.29, 1.82) is 0 Å². The molecule has 0 amide bonds. The van der Waals surface area contributed by atoms with Crippen molar-refractivity contribution in [3.05, 3.63) is 16.8 Å². The monoisotopic (exact) mass is 283 g/mol. The molecule has 0 radical (unpaired) electrons. The maximum Gasteiger partial charge on any atom is 0.128 e. The lowest BCUT2D eigenvalue weighted by Gasteiger charge is -2.02. The Bertz CT molecular complexity index is 562. The topological polar surface area (TPSA) is 51.8 Å². The van der Waals surface area contributed by atoms with Crippen LogP contribution in [-0.4, -0.2) is 20.7 Å². The van der Waals surface area contributed by atoms with E-state index in [-0.39, 0.29) is 0 Å². The maximum atomic E-state index is 5.52. The van der Waals surface area contributed by atoms with Crippen LogP contribution in [0.4, 0.5) is 0 Å². The van der Waals surface area contributed by atoms with Crippen molar-refractivity contribution in [3.63, 3.8) is 0 Å². The van der Waals surface area contributed by atoms with Gasteiger partial charge in [0.25, 0.3) is 0 Å². The second kappa shape index (κ2) is 5.29. The van der Waals surface area contributed by atoms with Crippen LogP contribution in [0.5, 0.6) is 0 Å². The summed E-state index contributed by atoms with van der Waals surface area (Å²) in [5, 5.41) is 2.11. The van der Waals surface area contributed by atoms with Gasteiger partial charge in [0.2, 0.25) is 0 Å². The first-order chi connectivity index (χ1) is 8.10. The van der Waals surface area contributed by atoms with E-state index >= 15 is 0 Å². The summed E-state index contributed by atoms with van der Waals surface area (Å²) < 4.78 is 0. The summed E-state index contributed by atoms with van der Waals surface area (Å²) in [6.07, 6.45) is 1.03. The average Bonchev–Trinajstić information content (AvgIpc) is 2.68. The molecule has 90 valence electrons. The van der Waals surface area contributed by atoms with Crippen LogP contribution < -0.4 is 5.73 Å². The normalized spacial score (nSPS) is 10.9. The lowest BCUT2D eigenvalue weighted by atomic mass is 10.3. The summed E-state index contributed by atoms with van der Waals surface area (Å²) in [4.78, 5) is 11.8. The number of nitrogens with zero attached hydrogens (tertiary/aromatic N) is 2. The van der Waals surface area contributed by atoms with Crippen LogP contribution >= 0.6 is 35.3 Å². The Balaban J connectivity index is 2.44. The molecule has 6 heteroatoms. The third kappa shape index (κ3) is 2.94. The Hall–Kier alpha value is -0.720. The molecule has 0 atom stereocenters. The molecule has 17 heavy (non-hydrogen) atoms. The molecule has 2 heterocycles. The number of thiocarbonyl (C=S) groups is 1. The molecule has 0 aromatic carbocycles. The third-order valence-corrected chi connectivity index (χ3v) is 4.76. The van der Waals surface area contributed by atoms with Gasteiger partial charge in [-0.25, -0.2) is 9.97 Å². The number of nitrogens with two attached hydrogens (primary N) is 1. The van der Waals surface area contributed by atoms with Crippen LogP contribution in [0.3, 0.4) is 0 Å². The van der Waals surface area contributed by atoms with E-state index in [1.807, 2.05) is 6.92 Å². The first-order valence-corrected chi connectivity index (χ1v) is 7.49. The highest BCUT2D eigenvalue weighted by Gasteiger charge is 2.10. The van der Waals surface area contributed by atoms with Crippen LogP contribution in [0, 0.1) is 6.92 Å². The van der Waals surface area contributed by atoms with E-state index in [2.05, 4.69) is 23.0 Å². The van der Waals surface area contributed by atoms with E-state index in [0.29, 0.717) is 10.7 Å². The number of hydrogen-bond acceptors (Lipinski definition) is 5. The smallest absolute Gasteiger partial charge is 0.128 e. The molecule has 0 aliphatic carbocycles. The Labute approximate surface area is 114 Å². The number of hydrogen-bond donors (Lipinski definition) is 1. The summed E-state index contributed by atoms with van der Waals surface area (Å²) >= 11 is 8.21. The quantitative estimate of drug-likeness (QED) is 0.531. The Morgan fingerprint density at radius 3 is 2.94 bits per heavy atom. The van der Waals surface area contributed by atoms with Gasteiger partial charge in [-0.3, -0.25) is 0 Å². The molecule has 2 N–H and O–H groups in total. The number of thiophene rings is 1. The summed E-state index contributed by atoms with van der Waals surface area (Å²) in [6.45, 7) is 4.06. The first kappa shape index (κ1) is 12.7. The zero-order valence-corrected chi connectivity index (χ0v) is 12.1. The molecular formula is C11H13N3S3. The number of fused-ring (bicyclic) bond motifs is 1. The molecule has 2 rings (SSSR count). The zero-order chi connectivity index (χ0) is 12.4. The number of rotatable bonds is 4. The number of aryl methyl sites for hydroxylation is 2. The minimum Gasteiger partial charge on any atom is -0.393 e. The molecule has 0 aliphatic heterocycles. The lowest BCUT2D eigenvalue weighted by molar-refractivity contribution is 1.02. The van der Waals surface area contributed by atoms with E-state index in [4.69, 9.17) is 18.0 Å². The predicted octanol–water partition coefficient (Wildman–Crippen LogP) is 2.94. The fourth-order valence-electron chi connectivity index (χ4n) is 1.47. The van der Waals surface area contributed by atoms with Crippen LogP contribution in [-0.2, 0) is 6.42 Å². The largest absolute Gasteiger partial charge is 0.393 e. The fourth-order valence-corrected chi connectivity index (χ4v) is 3.51. The highest BCUT2D eigenvalue weighted by atomic mass is 32.2. The molecule has 2 aromatic rings. The molecule has 0 fully saturated rings. The van der Waals surface area contributed by atoms with Gasteiger partial charge in [-0.2, -0.15) is 0 Å².